The Bertz CT molecular complexity index is 774. The highest BCUT2D eigenvalue weighted by molar-refractivity contribution is 5.99. The number of nitrogens with one attached hydrogen (secondary N) is 1. The van der Waals surface area contributed by atoms with E-state index in [4.69, 9.17) is 4.74 Å². The summed E-state index contributed by atoms with van der Waals surface area (Å²) in [6, 6.07) is 6.70. The van der Waals surface area contributed by atoms with Crippen molar-refractivity contribution in [2.75, 3.05) is 20.2 Å². The quantitative estimate of drug-likeness (QED) is 0.867. The molecule has 1 aromatic heterocycles. The lowest BCUT2D eigenvalue weighted by molar-refractivity contribution is -0.147. The van der Waals surface area contributed by atoms with Crippen LogP contribution < -0.4 is 0 Å². The lowest BCUT2D eigenvalue weighted by Gasteiger charge is -2.39. The first kappa shape index (κ1) is 13.6. The number of ether oxygens (including phenoxy) is 1. The fourth-order valence-electron chi connectivity index (χ4n) is 3.85. The predicted octanol–water partition coefficient (Wildman–Crippen LogP) is 2.60. The predicted molar refractivity (Wildman–Crippen MR) is 86.5 cm³/mol. The van der Waals surface area contributed by atoms with E-state index in [2.05, 4.69) is 47.4 Å². The molecule has 1 aliphatic carbocycles. The molecule has 2 aliphatic rings. The van der Waals surface area contributed by atoms with Gasteiger partial charge in [-0.3, -0.25) is 9.69 Å². The fourth-order valence-corrected chi connectivity index (χ4v) is 3.85. The summed E-state index contributed by atoms with van der Waals surface area (Å²) in [6.07, 6.45) is 5.25. The number of aromatic nitrogens is 1. The van der Waals surface area contributed by atoms with Crippen molar-refractivity contribution in [3.8, 4) is 0 Å². The van der Waals surface area contributed by atoms with Crippen molar-refractivity contribution >= 4 is 22.4 Å². The minimum Gasteiger partial charge on any atom is -0.466 e. The molecule has 4 heteroatoms. The first-order valence-electron chi connectivity index (χ1n) is 7.87. The van der Waals surface area contributed by atoms with E-state index >= 15 is 0 Å². The Balaban J connectivity index is 1.84. The van der Waals surface area contributed by atoms with Gasteiger partial charge in [0.2, 0.25) is 0 Å². The molecule has 0 saturated carbocycles. The molecular weight excluding hydrogens is 276 g/mol. The number of H-pyrrole nitrogens is 1. The molecule has 0 amide bonds. The standard InChI is InChI=1S/C18H20N2O2/c1-3-22-18(21)12-7-14-13-5-4-6-15-17(13)11(9-19-15)8-16(14)20(2)10-12/h4-7,9,12,16,19H,3,8,10H2,1-2H3. The van der Waals surface area contributed by atoms with Gasteiger partial charge in [0.25, 0.3) is 0 Å². The topological polar surface area (TPSA) is 45.3 Å². The lowest BCUT2D eigenvalue weighted by atomic mass is 9.80. The molecule has 0 spiro atoms. The third-order valence-corrected chi connectivity index (χ3v) is 4.86. The highest BCUT2D eigenvalue weighted by Gasteiger charge is 2.35. The highest BCUT2D eigenvalue weighted by atomic mass is 16.5. The number of nitrogens with zero attached hydrogens (tertiary/aromatic N) is 1. The second-order valence-corrected chi connectivity index (χ2v) is 6.18. The summed E-state index contributed by atoms with van der Waals surface area (Å²) >= 11 is 0. The van der Waals surface area contributed by atoms with Crippen LogP contribution in [0.5, 0.6) is 0 Å². The molecule has 1 aromatic carbocycles. The Kier molecular flexibility index (Phi) is 3.08. The molecule has 0 bridgehead atoms. The molecule has 0 fully saturated rings. The third kappa shape index (κ3) is 1.91. The molecule has 2 unspecified atom stereocenters. The lowest BCUT2D eigenvalue weighted by Crippen LogP contribution is -2.44. The summed E-state index contributed by atoms with van der Waals surface area (Å²) in [7, 11) is 2.10. The Labute approximate surface area is 129 Å². The number of carbonyl (C=O) groups excluding carboxylic acids is 1. The van der Waals surface area contributed by atoms with Crippen LogP contribution in [0.3, 0.4) is 0 Å². The first-order chi connectivity index (χ1) is 10.7. The smallest absolute Gasteiger partial charge is 0.314 e. The monoisotopic (exact) mass is 296 g/mol. The molecule has 2 atom stereocenters. The van der Waals surface area contributed by atoms with E-state index in [1.807, 2.05) is 6.92 Å². The van der Waals surface area contributed by atoms with Crippen LogP contribution in [-0.4, -0.2) is 42.1 Å². The summed E-state index contributed by atoms with van der Waals surface area (Å²) < 4.78 is 5.22. The van der Waals surface area contributed by atoms with Gasteiger partial charge in [0.15, 0.2) is 0 Å². The van der Waals surface area contributed by atoms with Crippen molar-refractivity contribution in [1.82, 2.24) is 9.88 Å². The third-order valence-electron chi connectivity index (χ3n) is 4.86. The summed E-state index contributed by atoms with van der Waals surface area (Å²) in [4.78, 5) is 17.8. The zero-order valence-corrected chi connectivity index (χ0v) is 12.9. The fraction of sp³-hybridized carbons (Fsp3) is 0.389. The second-order valence-electron chi connectivity index (χ2n) is 6.18. The Morgan fingerprint density at radius 3 is 3.14 bits per heavy atom. The zero-order chi connectivity index (χ0) is 15.3. The van der Waals surface area contributed by atoms with Crippen molar-refractivity contribution in [3.05, 3.63) is 41.6 Å². The van der Waals surface area contributed by atoms with Gasteiger partial charge in [0, 0.05) is 29.7 Å². The minimum absolute atomic E-state index is 0.118. The van der Waals surface area contributed by atoms with Crippen LogP contribution in [0.2, 0.25) is 0 Å². The summed E-state index contributed by atoms with van der Waals surface area (Å²) in [5, 5.41) is 1.31. The maximum atomic E-state index is 12.2. The van der Waals surface area contributed by atoms with Crippen LogP contribution >= 0.6 is 0 Å². The maximum Gasteiger partial charge on any atom is 0.314 e. The van der Waals surface area contributed by atoms with E-state index in [1.165, 1.54) is 27.6 Å². The zero-order valence-electron chi connectivity index (χ0n) is 12.9. The van der Waals surface area contributed by atoms with Gasteiger partial charge in [-0.05, 0) is 43.2 Å². The molecule has 114 valence electrons. The molecule has 2 aromatic rings. The Morgan fingerprint density at radius 1 is 1.45 bits per heavy atom. The van der Waals surface area contributed by atoms with Crippen LogP contribution in [0.1, 0.15) is 18.1 Å². The van der Waals surface area contributed by atoms with E-state index in [1.54, 1.807) is 0 Å². The number of rotatable bonds is 2. The van der Waals surface area contributed by atoms with Crippen LogP contribution in [0, 0.1) is 5.92 Å². The van der Waals surface area contributed by atoms with Gasteiger partial charge in [-0.15, -0.1) is 0 Å². The summed E-state index contributed by atoms with van der Waals surface area (Å²) in [5.74, 6) is -0.292. The number of hydrogen-bond donors (Lipinski definition) is 1. The molecule has 2 heterocycles. The Morgan fingerprint density at radius 2 is 2.32 bits per heavy atom. The molecule has 4 rings (SSSR count). The molecule has 22 heavy (non-hydrogen) atoms. The summed E-state index contributed by atoms with van der Waals surface area (Å²) in [6.45, 7) is 3.01. The average Bonchev–Trinajstić information content (AvgIpc) is 2.93. The van der Waals surface area contributed by atoms with Crippen LogP contribution in [0.15, 0.2) is 30.5 Å². The van der Waals surface area contributed by atoms with Crippen LogP contribution in [0.25, 0.3) is 16.5 Å². The largest absolute Gasteiger partial charge is 0.466 e. The molecular formula is C18H20N2O2. The van der Waals surface area contributed by atoms with E-state index in [-0.39, 0.29) is 11.9 Å². The van der Waals surface area contributed by atoms with Crippen molar-refractivity contribution in [2.45, 2.75) is 19.4 Å². The SMILES string of the molecule is CCOC(=O)C1C=C2c3cccc4[nH]cc(c34)CC2N(C)C1. The number of benzene rings is 1. The Hall–Kier alpha value is -2.07. The van der Waals surface area contributed by atoms with Gasteiger partial charge in [0.1, 0.15) is 0 Å². The molecule has 1 N–H and O–H groups in total. The normalized spacial score (nSPS) is 24.0. The van der Waals surface area contributed by atoms with E-state index < -0.39 is 0 Å². The maximum absolute atomic E-state index is 12.2. The van der Waals surface area contributed by atoms with E-state index in [9.17, 15) is 4.79 Å². The number of aromatic amines is 1. The van der Waals surface area contributed by atoms with Crippen LogP contribution in [-0.2, 0) is 16.0 Å². The minimum atomic E-state index is -0.174. The van der Waals surface area contributed by atoms with E-state index in [0.717, 1.165) is 13.0 Å². The number of hydrogen-bond acceptors (Lipinski definition) is 3. The van der Waals surface area contributed by atoms with Gasteiger partial charge < -0.3 is 9.72 Å². The average molecular weight is 296 g/mol. The number of fused-ring (bicyclic) bond motifs is 2. The van der Waals surface area contributed by atoms with Crippen molar-refractivity contribution in [1.29, 1.82) is 0 Å². The van der Waals surface area contributed by atoms with Gasteiger partial charge >= 0.3 is 5.97 Å². The van der Waals surface area contributed by atoms with Gasteiger partial charge in [-0.25, -0.2) is 0 Å². The van der Waals surface area contributed by atoms with Gasteiger partial charge in [-0.2, -0.15) is 0 Å². The molecule has 4 nitrogen and oxygen atoms in total. The van der Waals surface area contributed by atoms with Crippen molar-refractivity contribution in [3.63, 3.8) is 0 Å². The first-order valence-corrected chi connectivity index (χ1v) is 7.87. The highest BCUT2D eigenvalue weighted by Crippen LogP contribution is 2.40. The number of carbonyl (C=O) groups is 1. The molecule has 0 saturated heterocycles. The van der Waals surface area contributed by atoms with E-state index in [0.29, 0.717) is 12.6 Å². The van der Waals surface area contributed by atoms with Gasteiger partial charge in [-0.1, -0.05) is 18.2 Å². The van der Waals surface area contributed by atoms with Crippen LogP contribution in [0.4, 0.5) is 0 Å². The van der Waals surface area contributed by atoms with Gasteiger partial charge in [0.05, 0.1) is 12.5 Å². The van der Waals surface area contributed by atoms with Crippen molar-refractivity contribution in [2.24, 2.45) is 5.92 Å². The van der Waals surface area contributed by atoms with Crippen molar-refractivity contribution < 1.29 is 9.53 Å². The number of esters is 1. The number of likely N-dealkylation sites (N-methyl/N-ethyl adjacent to an activating group) is 1. The summed E-state index contributed by atoms with van der Waals surface area (Å²) in [5.41, 5.74) is 5.07. The molecule has 1 aliphatic heterocycles. The molecule has 0 radical (unpaired) electrons. The second kappa shape index (κ2) is 4.99.